The molecule has 0 atom stereocenters. The number of para-hydroxylation sites is 1. The number of halogens is 2. The molecule has 30 heavy (non-hydrogen) atoms. The number of nitrogens with one attached hydrogen (secondary N) is 2. The average molecular weight is 537 g/mol. The van der Waals surface area contributed by atoms with Crippen molar-refractivity contribution < 1.29 is 14.3 Å². The summed E-state index contributed by atoms with van der Waals surface area (Å²) < 4.78 is 12.1. The molecular formula is C23H22ClIN2O3. The van der Waals surface area contributed by atoms with E-state index in [1.165, 1.54) is 0 Å². The first-order valence-corrected chi connectivity index (χ1v) is 10.8. The molecular weight excluding hydrogens is 515 g/mol. The lowest BCUT2D eigenvalue weighted by Gasteiger charge is -2.16. The van der Waals surface area contributed by atoms with Crippen LogP contribution in [0.3, 0.4) is 0 Å². The third kappa shape index (κ3) is 5.79. The van der Waals surface area contributed by atoms with Crippen LogP contribution in [0.5, 0.6) is 11.5 Å². The maximum absolute atomic E-state index is 12.2. The van der Waals surface area contributed by atoms with E-state index in [2.05, 4.69) is 33.2 Å². The van der Waals surface area contributed by atoms with Crippen LogP contribution in [0.4, 0.5) is 11.4 Å². The molecule has 3 aromatic rings. The van der Waals surface area contributed by atoms with Crippen molar-refractivity contribution in [2.75, 3.05) is 24.4 Å². The highest BCUT2D eigenvalue weighted by atomic mass is 127. The van der Waals surface area contributed by atoms with Gasteiger partial charge in [-0.25, -0.2) is 0 Å². The molecule has 0 saturated heterocycles. The molecule has 0 spiro atoms. The first-order chi connectivity index (χ1) is 14.5. The molecule has 0 aliphatic rings. The van der Waals surface area contributed by atoms with Gasteiger partial charge < -0.3 is 20.1 Å². The Morgan fingerprint density at radius 3 is 2.60 bits per heavy atom. The fraction of sp³-hybridized carbons (Fsp3) is 0.174. The Balaban J connectivity index is 1.66. The molecule has 0 fully saturated rings. The maximum Gasteiger partial charge on any atom is 0.262 e. The van der Waals surface area contributed by atoms with E-state index in [0.29, 0.717) is 18.0 Å². The third-order valence-electron chi connectivity index (χ3n) is 4.45. The minimum atomic E-state index is -0.235. The topological polar surface area (TPSA) is 59.6 Å². The number of ether oxygens (including phenoxy) is 2. The lowest BCUT2D eigenvalue weighted by atomic mass is 10.1. The molecule has 3 rings (SSSR count). The Kier molecular flexibility index (Phi) is 7.81. The van der Waals surface area contributed by atoms with Gasteiger partial charge in [-0.15, -0.1) is 0 Å². The minimum Gasteiger partial charge on any atom is -0.493 e. The van der Waals surface area contributed by atoms with Crippen LogP contribution in [0.2, 0.25) is 5.02 Å². The number of carbonyl (C=O) groups excluding carboxylic acids is 1. The lowest BCUT2D eigenvalue weighted by molar-refractivity contribution is -0.118. The van der Waals surface area contributed by atoms with Crippen molar-refractivity contribution in [1.82, 2.24) is 0 Å². The van der Waals surface area contributed by atoms with Crippen LogP contribution in [0.1, 0.15) is 11.1 Å². The van der Waals surface area contributed by atoms with E-state index in [-0.39, 0.29) is 12.5 Å². The molecule has 0 radical (unpaired) electrons. The summed E-state index contributed by atoms with van der Waals surface area (Å²) in [5, 5.41) is 6.92. The van der Waals surface area contributed by atoms with Gasteiger partial charge in [-0.3, -0.25) is 4.79 Å². The smallest absolute Gasteiger partial charge is 0.262 e. The van der Waals surface area contributed by atoms with E-state index < -0.39 is 0 Å². The second kappa shape index (κ2) is 10.5. The minimum absolute atomic E-state index is 0.111. The van der Waals surface area contributed by atoms with Crippen molar-refractivity contribution in [3.8, 4) is 11.5 Å². The van der Waals surface area contributed by atoms with E-state index in [0.717, 1.165) is 31.1 Å². The van der Waals surface area contributed by atoms with Crippen molar-refractivity contribution in [2.24, 2.45) is 0 Å². The highest BCUT2D eigenvalue weighted by Crippen LogP contribution is 2.34. The van der Waals surface area contributed by atoms with Crippen LogP contribution >= 0.6 is 34.2 Å². The zero-order valence-corrected chi connectivity index (χ0v) is 19.6. The van der Waals surface area contributed by atoms with Crippen LogP contribution in [-0.4, -0.2) is 19.6 Å². The molecule has 0 unspecified atom stereocenters. The van der Waals surface area contributed by atoms with Gasteiger partial charge in [0.15, 0.2) is 18.1 Å². The fourth-order valence-corrected chi connectivity index (χ4v) is 3.86. The van der Waals surface area contributed by atoms with Gasteiger partial charge in [-0.2, -0.15) is 0 Å². The number of hydrogen-bond acceptors (Lipinski definition) is 4. The quantitative estimate of drug-likeness (QED) is 0.353. The van der Waals surface area contributed by atoms with Crippen LogP contribution in [-0.2, 0) is 11.3 Å². The van der Waals surface area contributed by atoms with Gasteiger partial charge in [0.05, 0.1) is 10.7 Å². The average Bonchev–Trinajstić information content (AvgIpc) is 2.74. The number of anilines is 2. The number of rotatable bonds is 8. The molecule has 0 saturated carbocycles. The van der Waals surface area contributed by atoms with Gasteiger partial charge in [0, 0.05) is 22.9 Å². The lowest BCUT2D eigenvalue weighted by Crippen LogP contribution is -2.20. The highest BCUT2D eigenvalue weighted by molar-refractivity contribution is 14.1. The Labute approximate surface area is 194 Å². The largest absolute Gasteiger partial charge is 0.493 e. The van der Waals surface area contributed by atoms with Gasteiger partial charge in [0.1, 0.15) is 0 Å². The van der Waals surface area contributed by atoms with Gasteiger partial charge >= 0.3 is 0 Å². The molecule has 5 nitrogen and oxygen atoms in total. The molecule has 7 heteroatoms. The Morgan fingerprint density at radius 2 is 1.87 bits per heavy atom. The zero-order valence-electron chi connectivity index (χ0n) is 16.7. The number of carbonyl (C=O) groups is 1. The number of benzene rings is 3. The van der Waals surface area contributed by atoms with E-state index in [1.807, 2.05) is 67.6 Å². The molecule has 1 amide bonds. The molecule has 3 aromatic carbocycles. The van der Waals surface area contributed by atoms with Crippen LogP contribution in [0.15, 0.2) is 60.7 Å². The monoisotopic (exact) mass is 536 g/mol. The fourth-order valence-electron chi connectivity index (χ4n) is 2.87. The molecule has 2 N–H and O–H groups in total. The van der Waals surface area contributed by atoms with Gasteiger partial charge in [0.25, 0.3) is 5.91 Å². The van der Waals surface area contributed by atoms with E-state index in [9.17, 15) is 4.79 Å². The summed E-state index contributed by atoms with van der Waals surface area (Å²) in [5.74, 6) is 0.888. The van der Waals surface area contributed by atoms with Crippen LogP contribution in [0, 0.1) is 10.5 Å². The number of amides is 1. The zero-order chi connectivity index (χ0) is 21.5. The number of methoxy groups -OCH3 is 1. The highest BCUT2D eigenvalue weighted by Gasteiger charge is 2.14. The molecule has 0 bridgehead atoms. The van der Waals surface area contributed by atoms with Crippen LogP contribution in [0.25, 0.3) is 0 Å². The van der Waals surface area contributed by atoms with Crippen molar-refractivity contribution in [3.05, 3.63) is 80.4 Å². The van der Waals surface area contributed by atoms with Crippen LogP contribution < -0.4 is 20.1 Å². The molecule has 0 aliphatic heterocycles. The second-order valence-electron chi connectivity index (χ2n) is 6.58. The van der Waals surface area contributed by atoms with Gasteiger partial charge in [-0.1, -0.05) is 35.9 Å². The van der Waals surface area contributed by atoms with Gasteiger partial charge in [0.2, 0.25) is 0 Å². The van der Waals surface area contributed by atoms with E-state index in [1.54, 1.807) is 7.11 Å². The normalized spacial score (nSPS) is 10.4. The summed E-state index contributed by atoms with van der Waals surface area (Å²) in [6.07, 6.45) is 0. The first-order valence-electron chi connectivity index (χ1n) is 9.31. The summed E-state index contributed by atoms with van der Waals surface area (Å²) in [7, 11) is 1.58. The predicted molar refractivity (Wildman–Crippen MR) is 130 cm³/mol. The Bertz CT molecular complexity index is 1030. The molecule has 0 heterocycles. The molecule has 0 aromatic heterocycles. The Hall–Kier alpha value is -2.45. The van der Waals surface area contributed by atoms with Crippen molar-refractivity contribution >= 4 is 51.5 Å². The summed E-state index contributed by atoms with van der Waals surface area (Å²) >= 11 is 8.38. The van der Waals surface area contributed by atoms with Crippen molar-refractivity contribution in [3.63, 3.8) is 0 Å². The standard InChI is InChI=1S/C23H22ClIN2O3/c1-15-18(24)9-6-10-20(15)26-13-16-11-19(25)23(21(12-16)29-2)30-14-22(28)27-17-7-4-3-5-8-17/h3-12,26H,13-14H2,1-2H3,(H,27,28). The van der Waals surface area contributed by atoms with Gasteiger partial charge in [-0.05, 0) is 77.0 Å². The van der Waals surface area contributed by atoms with E-state index in [4.69, 9.17) is 21.1 Å². The third-order valence-corrected chi connectivity index (χ3v) is 5.66. The molecule has 156 valence electrons. The molecule has 0 aliphatic carbocycles. The Morgan fingerprint density at radius 1 is 1.10 bits per heavy atom. The van der Waals surface area contributed by atoms with E-state index >= 15 is 0 Å². The predicted octanol–water partition coefficient (Wildman–Crippen LogP) is 5.89. The SMILES string of the molecule is COc1cc(CNc2cccc(Cl)c2C)cc(I)c1OCC(=O)Nc1ccccc1. The first kappa shape index (κ1) is 22.2. The summed E-state index contributed by atoms with van der Waals surface area (Å²) in [5.41, 5.74) is 3.74. The summed E-state index contributed by atoms with van der Waals surface area (Å²) in [6.45, 7) is 2.47. The summed E-state index contributed by atoms with van der Waals surface area (Å²) in [6, 6.07) is 18.9. The second-order valence-corrected chi connectivity index (χ2v) is 8.15. The maximum atomic E-state index is 12.2. The van der Waals surface area contributed by atoms with Crippen molar-refractivity contribution in [1.29, 1.82) is 0 Å². The number of hydrogen-bond donors (Lipinski definition) is 2. The summed E-state index contributed by atoms with van der Waals surface area (Å²) in [4.78, 5) is 12.2. The van der Waals surface area contributed by atoms with Crippen molar-refractivity contribution in [2.45, 2.75) is 13.5 Å².